The van der Waals surface area contributed by atoms with E-state index < -0.39 is 0 Å². The van der Waals surface area contributed by atoms with Crippen LogP contribution >= 0.6 is 11.3 Å². The molecule has 106 valence electrons. The Morgan fingerprint density at radius 1 is 1.16 bits per heavy atom. The van der Waals surface area contributed by atoms with Crippen LogP contribution in [0.2, 0.25) is 0 Å². The van der Waals surface area contributed by atoms with Gasteiger partial charge < -0.3 is 4.90 Å². The lowest BCUT2D eigenvalue weighted by Gasteiger charge is -2.36. The molecular formula is C15H25N3S. The maximum Gasteiger partial charge on any atom is 0.0795 e. The molecule has 1 unspecified atom stereocenters. The molecule has 2 saturated heterocycles. The van der Waals surface area contributed by atoms with Gasteiger partial charge in [-0.3, -0.25) is 4.90 Å². The normalized spacial score (nSPS) is 26.0. The zero-order valence-corrected chi connectivity index (χ0v) is 12.6. The Morgan fingerprint density at radius 3 is 2.79 bits per heavy atom. The Balaban J connectivity index is 1.51. The Labute approximate surface area is 120 Å². The highest BCUT2D eigenvalue weighted by Gasteiger charge is 2.23. The molecule has 0 N–H and O–H groups in total. The number of piperidine rings is 1. The third-order valence-corrected chi connectivity index (χ3v) is 5.21. The van der Waals surface area contributed by atoms with E-state index in [-0.39, 0.29) is 0 Å². The van der Waals surface area contributed by atoms with Crippen LogP contribution in [0.4, 0.5) is 0 Å². The number of likely N-dealkylation sites (tertiary alicyclic amines) is 2. The summed E-state index contributed by atoms with van der Waals surface area (Å²) in [4.78, 5) is 9.77. The van der Waals surface area contributed by atoms with Crippen LogP contribution in [0.1, 0.15) is 44.2 Å². The van der Waals surface area contributed by atoms with E-state index in [1.54, 1.807) is 11.3 Å². The van der Waals surface area contributed by atoms with Crippen molar-refractivity contribution < 1.29 is 0 Å². The largest absolute Gasteiger partial charge is 0.303 e. The van der Waals surface area contributed by atoms with E-state index in [2.05, 4.69) is 20.2 Å². The van der Waals surface area contributed by atoms with Gasteiger partial charge in [0.25, 0.3) is 0 Å². The van der Waals surface area contributed by atoms with Gasteiger partial charge in [-0.1, -0.05) is 6.42 Å². The second kappa shape index (κ2) is 6.82. The summed E-state index contributed by atoms with van der Waals surface area (Å²) in [7, 11) is 0. The highest BCUT2D eigenvalue weighted by molar-refractivity contribution is 7.07. The third kappa shape index (κ3) is 3.77. The Morgan fingerprint density at radius 2 is 2.00 bits per heavy atom. The molecule has 2 aliphatic heterocycles. The Bertz CT molecular complexity index is 359. The zero-order valence-electron chi connectivity index (χ0n) is 11.8. The molecule has 1 atom stereocenters. The zero-order chi connectivity index (χ0) is 12.9. The lowest BCUT2D eigenvalue weighted by Crippen LogP contribution is -2.41. The van der Waals surface area contributed by atoms with Crippen molar-refractivity contribution in [3.8, 4) is 0 Å². The number of hydrogen-bond donors (Lipinski definition) is 0. The molecule has 3 heterocycles. The van der Waals surface area contributed by atoms with Gasteiger partial charge in [-0.25, -0.2) is 4.98 Å². The predicted molar refractivity (Wildman–Crippen MR) is 80.5 cm³/mol. The van der Waals surface area contributed by atoms with Gasteiger partial charge in [0.2, 0.25) is 0 Å². The van der Waals surface area contributed by atoms with Crippen LogP contribution in [0.3, 0.4) is 0 Å². The Kier molecular flexibility index (Phi) is 4.86. The fourth-order valence-electron chi connectivity index (χ4n) is 3.46. The van der Waals surface area contributed by atoms with Gasteiger partial charge in [-0.05, 0) is 58.3 Å². The maximum atomic E-state index is 4.45. The van der Waals surface area contributed by atoms with Crippen LogP contribution < -0.4 is 0 Å². The molecule has 0 aromatic carbocycles. The number of aromatic nitrogens is 1. The lowest BCUT2D eigenvalue weighted by atomic mass is 9.99. The minimum atomic E-state index is 0.788. The summed E-state index contributed by atoms with van der Waals surface area (Å²) >= 11 is 1.72. The molecule has 4 heteroatoms. The van der Waals surface area contributed by atoms with E-state index in [0.717, 1.165) is 12.6 Å². The van der Waals surface area contributed by atoms with E-state index in [9.17, 15) is 0 Å². The van der Waals surface area contributed by atoms with Gasteiger partial charge >= 0.3 is 0 Å². The van der Waals surface area contributed by atoms with E-state index in [4.69, 9.17) is 0 Å². The molecule has 0 spiro atoms. The van der Waals surface area contributed by atoms with Gasteiger partial charge in [0.15, 0.2) is 0 Å². The molecule has 1 aromatic rings. The fraction of sp³-hybridized carbons (Fsp3) is 0.800. The molecule has 0 saturated carbocycles. The third-order valence-electron chi connectivity index (χ3n) is 4.57. The van der Waals surface area contributed by atoms with Crippen LogP contribution in [-0.2, 0) is 6.54 Å². The van der Waals surface area contributed by atoms with Crippen molar-refractivity contribution in [1.82, 2.24) is 14.8 Å². The lowest BCUT2D eigenvalue weighted by molar-refractivity contribution is 0.120. The number of hydrogen-bond acceptors (Lipinski definition) is 4. The first kappa shape index (κ1) is 13.5. The highest BCUT2D eigenvalue weighted by atomic mass is 32.1. The van der Waals surface area contributed by atoms with E-state index in [1.807, 2.05) is 5.51 Å². The minimum Gasteiger partial charge on any atom is -0.303 e. The summed E-state index contributed by atoms with van der Waals surface area (Å²) in [5.41, 5.74) is 3.22. The smallest absolute Gasteiger partial charge is 0.0795 e. The number of thiazole rings is 1. The summed E-state index contributed by atoms with van der Waals surface area (Å²) < 4.78 is 0. The van der Waals surface area contributed by atoms with Crippen molar-refractivity contribution in [3.63, 3.8) is 0 Å². The molecule has 1 aromatic heterocycles. The first-order valence-corrected chi connectivity index (χ1v) is 8.69. The van der Waals surface area contributed by atoms with E-state index >= 15 is 0 Å². The topological polar surface area (TPSA) is 19.4 Å². The van der Waals surface area contributed by atoms with Crippen molar-refractivity contribution in [2.45, 2.75) is 51.1 Å². The number of nitrogens with zero attached hydrogens (tertiary/aromatic N) is 3. The summed E-state index contributed by atoms with van der Waals surface area (Å²) in [6, 6.07) is 0.788. The molecule has 0 aliphatic carbocycles. The molecule has 0 amide bonds. The first-order chi connectivity index (χ1) is 9.42. The van der Waals surface area contributed by atoms with Gasteiger partial charge in [0.05, 0.1) is 11.2 Å². The van der Waals surface area contributed by atoms with Gasteiger partial charge in [0, 0.05) is 18.0 Å². The van der Waals surface area contributed by atoms with Crippen LogP contribution in [0.5, 0.6) is 0 Å². The molecule has 3 nitrogen and oxygen atoms in total. The highest BCUT2D eigenvalue weighted by Crippen LogP contribution is 2.23. The first-order valence-electron chi connectivity index (χ1n) is 7.75. The van der Waals surface area contributed by atoms with E-state index in [0.29, 0.717) is 0 Å². The molecule has 2 aliphatic rings. The van der Waals surface area contributed by atoms with Crippen molar-refractivity contribution >= 4 is 11.3 Å². The summed E-state index contributed by atoms with van der Waals surface area (Å²) in [6.45, 7) is 6.30. The molecule has 0 bridgehead atoms. The number of rotatable bonds is 5. The van der Waals surface area contributed by atoms with Crippen molar-refractivity contribution in [3.05, 3.63) is 16.6 Å². The quantitative estimate of drug-likeness (QED) is 0.826. The van der Waals surface area contributed by atoms with Gasteiger partial charge in [0.1, 0.15) is 0 Å². The van der Waals surface area contributed by atoms with Crippen LogP contribution in [0.25, 0.3) is 0 Å². The van der Waals surface area contributed by atoms with Crippen molar-refractivity contribution in [2.75, 3.05) is 26.2 Å². The van der Waals surface area contributed by atoms with Crippen molar-refractivity contribution in [2.24, 2.45) is 0 Å². The summed E-state index contributed by atoms with van der Waals surface area (Å²) in [6.07, 6.45) is 8.34. The summed E-state index contributed by atoms with van der Waals surface area (Å²) in [5.74, 6) is 0. The molecule has 19 heavy (non-hydrogen) atoms. The van der Waals surface area contributed by atoms with Crippen LogP contribution in [-0.4, -0.2) is 47.0 Å². The second-order valence-electron chi connectivity index (χ2n) is 5.94. The standard InChI is InChI=1S/C15H25N3S/c1-2-9-18(11-14-12-19-13-16-14)15(5-1)6-10-17-7-3-4-8-17/h12-13,15H,1-11H2. The minimum absolute atomic E-state index is 0.788. The molecular weight excluding hydrogens is 254 g/mol. The van der Waals surface area contributed by atoms with Gasteiger partial charge in [-0.2, -0.15) is 0 Å². The fourth-order valence-corrected chi connectivity index (χ4v) is 4.01. The van der Waals surface area contributed by atoms with E-state index in [1.165, 1.54) is 70.4 Å². The SMILES string of the molecule is c1nc(CN2CCCCC2CCN2CCCC2)cs1. The average molecular weight is 279 g/mol. The molecule has 0 radical (unpaired) electrons. The monoisotopic (exact) mass is 279 g/mol. The Hall–Kier alpha value is -0.450. The van der Waals surface area contributed by atoms with Gasteiger partial charge in [-0.15, -0.1) is 11.3 Å². The summed E-state index contributed by atoms with van der Waals surface area (Å²) in [5, 5.41) is 2.20. The van der Waals surface area contributed by atoms with Crippen LogP contribution in [0, 0.1) is 0 Å². The molecule has 3 rings (SSSR count). The van der Waals surface area contributed by atoms with Crippen molar-refractivity contribution in [1.29, 1.82) is 0 Å². The second-order valence-corrected chi connectivity index (χ2v) is 6.66. The maximum absolute atomic E-state index is 4.45. The molecule has 2 fully saturated rings. The van der Waals surface area contributed by atoms with Crippen LogP contribution in [0.15, 0.2) is 10.9 Å². The predicted octanol–water partition coefficient (Wildman–Crippen LogP) is 2.98. The average Bonchev–Trinajstić information content (AvgIpc) is 3.10.